The normalized spacial score (nSPS) is 15.3. The van der Waals surface area contributed by atoms with Crippen molar-refractivity contribution in [2.24, 2.45) is 0 Å². The number of aryl methyl sites for hydroxylation is 1. The highest BCUT2D eigenvalue weighted by molar-refractivity contribution is 6.16. The standard InChI is InChI=1S/C16H17N2.Al/c1-4-7-18-15-6-5-11(2)8-13(15)14-10-17-9-12(3)16(14)18;/h1,4-6,8,17H,3,7,9-10H2,2H3;. The van der Waals surface area contributed by atoms with Crippen LogP contribution in [0.3, 0.4) is 0 Å². The quantitative estimate of drug-likeness (QED) is 0.825. The second kappa shape index (κ2) is 5.02. The molecular weight excluding hydrogens is 247 g/mol. The van der Waals surface area contributed by atoms with Crippen LogP contribution in [0, 0.1) is 6.92 Å². The Bertz CT molecular complexity index is 680. The highest BCUT2D eigenvalue weighted by atomic mass is 27.0. The molecule has 1 aromatic heterocycles. The first-order valence-electron chi connectivity index (χ1n) is 6.59. The number of rotatable bonds is 2. The topological polar surface area (TPSA) is 17.0 Å². The minimum Gasteiger partial charge on any atom is -0.337 e. The van der Waals surface area contributed by atoms with Crippen molar-refractivity contribution >= 4 is 32.8 Å². The van der Waals surface area contributed by atoms with Crippen LogP contribution >= 0.6 is 0 Å². The summed E-state index contributed by atoms with van der Waals surface area (Å²) in [5.74, 6) is 0. The maximum atomic E-state index is 4.23. The zero-order valence-electron chi connectivity index (χ0n) is 11.2. The van der Waals surface area contributed by atoms with Crippen LogP contribution in [0.4, 0.5) is 0 Å². The summed E-state index contributed by atoms with van der Waals surface area (Å²) in [7, 11) is 0. The average Bonchev–Trinajstić information content (AvgIpc) is 2.71. The van der Waals surface area contributed by atoms with Gasteiger partial charge >= 0.3 is 0 Å². The summed E-state index contributed by atoms with van der Waals surface area (Å²) in [6.07, 6.45) is 2.17. The molecule has 3 heteroatoms. The van der Waals surface area contributed by atoms with Crippen LogP contribution in [0.5, 0.6) is 0 Å². The molecule has 1 N–H and O–H groups in total. The van der Waals surface area contributed by atoms with Crippen molar-refractivity contribution in [1.82, 2.24) is 9.88 Å². The first-order valence-corrected chi connectivity index (χ1v) is 7.26. The molecule has 19 heavy (non-hydrogen) atoms. The lowest BCUT2D eigenvalue weighted by Crippen LogP contribution is -2.23. The van der Waals surface area contributed by atoms with E-state index in [0.717, 1.165) is 19.6 Å². The Kier molecular flexibility index (Phi) is 3.37. The molecule has 2 aromatic rings. The first kappa shape index (κ1) is 12.8. The molecule has 0 saturated heterocycles. The van der Waals surface area contributed by atoms with Crippen molar-refractivity contribution in [3.8, 4) is 0 Å². The third-order valence-corrected chi connectivity index (χ3v) is 4.00. The Labute approximate surface area is 122 Å². The van der Waals surface area contributed by atoms with Crippen molar-refractivity contribution in [3.05, 3.63) is 52.6 Å². The molecule has 2 heterocycles. The molecule has 0 atom stereocenters. The highest BCUT2D eigenvalue weighted by Gasteiger charge is 2.21. The van der Waals surface area contributed by atoms with Crippen molar-refractivity contribution in [1.29, 1.82) is 0 Å². The minimum atomic E-state index is 0.882. The van der Waals surface area contributed by atoms with E-state index in [1.54, 1.807) is 0 Å². The van der Waals surface area contributed by atoms with Gasteiger partial charge in [0.2, 0.25) is 0 Å². The van der Waals surface area contributed by atoms with Crippen molar-refractivity contribution < 1.29 is 0 Å². The molecule has 0 spiro atoms. The number of nitrogens with zero attached hydrogens (tertiary/aromatic N) is 1. The van der Waals surface area contributed by atoms with Gasteiger partial charge in [-0.15, -0.1) is 0 Å². The highest BCUT2D eigenvalue weighted by Crippen LogP contribution is 2.33. The van der Waals surface area contributed by atoms with Crippen LogP contribution < -0.4 is 5.32 Å². The average molecular weight is 264 g/mol. The van der Waals surface area contributed by atoms with Crippen molar-refractivity contribution in [2.75, 3.05) is 6.54 Å². The maximum absolute atomic E-state index is 4.23. The molecule has 1 aliphatic rings. The molecule has 0 fully saturated rings. The van der Waals surface area contributed by atoms with Gasteiger partial charge < -0.3 is 9.88 Å². The Balaban J connectivity index is 2.32. The third-order valence-electron chi connectivity index (χ3n) is 3.72. The SMILES string of the molecule is C=C1CNCc2c1n(CC=[CH][Al])c1ccc(C)cc21. The minimum absolute atomic E-state index is 0.882. The van der Waals surface area contributed by atoms with Gasteiger partial charge in [0.15, 0.2) is 16.3 Å². The van der Waals surface area contributed by atoms with Crippen LogP contribution in [-0.2, 0) is 13.1 Å². The molecule has 3 rings (SSSR count). The fraction of sp³-hybridized carbons (Fsp3) is 0.250. The van der Waals surface area contributed by atoms with E-state index in [1.807, 2.05) is 4.94 Å². The van der Waals surface area contributed by atoms with Gasteiger partial charge in [-0.3, -0.25) is 0 Å². The fourth-order valence-electron chi connectivity index (χ4n) is 2.90. The molecule has 0 aliphatic carbocycles. The molecule has 2 nitrogen and oxygen atoms in total. The summed E-state index contributed by atoms with van der Waals surface area (Å²) in [6, 6.07) is 6.70. The molecule has 94 valence electrons. The number of benzene rings is 1. The van der Waals surface area contributed by atoms with E-state index in [0.29, 0.717) is 0 Å². The van der Waals surface area contributed by atoms with Crippen LogP contribution in [-0.4, -0.2) is 27.4 Å². The lowest BCUT2D eigenvalue weighted by atomic mass is 10.0. The lowest BCUT2D eigenvalue weighted by molar-refractivity contribution is 0.722. The molecule has 1 aromatic carbocycles. The largest absolute Gasteiger partial charge is 0.337 e. The number of allylic oxidation sites excluding steroid dienone is 1. The van der Waals surface area contributed by atoms with Crippen molar-refractivity contribution in [2.45, 2.75) is 20.0 Å². The summed E-state index contributed by atoms with van der Waals surface area (Å²) in [5, 5.41) is 4.80. The second-order valence-corrected chi connectivity index (χ2v) is 5.48. The molecule has 0 bridgehead atoms. The van der Waals surface area contributed by atoms with Gasteiger partial charge in [0.1, 0.15) is 0 Å². The molecule has 2 radical (unpaired) electrons. The summed E-state index contributed by atoms with van der Waals surface area (Å²) in [5.41, 5.74) is 6.52. The van der Waals surface area contributed by atoms with E-state index in [-0.39, 0.29) is 0 Å². The van der Waals surface area contributed by atoms with Crippen LogP contribution in [0.25, 0.3) is 16.5 Å². The Morgan fingerprint density at radius 1 is 1.42 bits per heavy atom. The van der Waals surface area contributed by atoms with Gasteiger partial charge in [-0.1, -0.05) is 24.3 Å². The van der Waals surface area contributed by atoms with E-state index in [9.17, 15) is 0 Å². The number of hydrogen-bond acceptors (Lipinski definition) is 1. The van der Waals surface area contributed by atoms with Crippen molar-refractivity contribution in [3.63, 3.8) is 0 Å². The molecule has 1 aliphatic heterocycles. The molecule has 0 unspecified atom stereocenters. The number of hydrogen-bond donors (Lipinski definition) is 1. The second-order valence-electron chi connectivity index (χ2n) is 5.09. The zero-order valence-corrected chi connectivity index (χ0v) is 12.4. The van der Waals surface area contributed by atoms with Crippen LogP contribution in [0.1, 0.15) is 16.8 Å². The van der Waals surface area contributed by atoms with Gasteiger partial charge in [-0.05, 0) is 30.2 Å². The van der Waals surface area contributed by atoms with E-state index < -0.39 is 0 Å². The molecule has 0 amide bonds. The first-order chi connectivity index (χ1) is 9.22. The van der Waals surface area contributed by atoms with Gasteiger partial charge in [0.05, 0.1) is 5.69 Å². The third kappa shape index (κ3) is 2.09. The van der Waals surface area contributed by atoms with Crippen LogP contribution in [0.15, 0.2) is 35.8 Å². The summed E-state index contributed by atoms with van der Waals surface area (Å²) < 4.78 is 2.38. The molecular formula is C16H17AlN2. The van der Waals surface area contributed by atoms with E-state index in [4.69, 9.17) is 0 Å². The molecule has 0 saturated carbocycles. The van der Waals surface area contributed by atoms with E-state index >= 15 is 0 Å². The predicted molar refractivity (Wildman–Crippen MR) is 82.3 cm³/mol. The van der Waals surface area contributed by atoms with E-state index in [2.05, 4.69) is 64.0 Å². The monoisotopic (exact) mass is 264 g/mol. The number of aromatic nitrogens is 1. The van der Waals surface area contributed by atoms with Gasteiger partial charge in [-0.25, -0.2) is 0 Å². The Morgan fingerprint density at radius 2 is 2.26 bits per heavy atom. The predicted octanol–water partition coefficient (Wildman–Crippen LogP) is 2.75. The summed E-state index contributed by atoms with van der Waals surface area (Å²) in [4.78, 5) is 2.02. The van der Waals surface area contributed by atoms with Gasteiger partial charge in [0.25, 0.3) is 0 Å². The smallest absolute Gasteiger partial charge is 0.161 e. The number of nitrogens with one attached hydrogen (secondary N) is 1. The summed E-state index contributed by atoms with van der Waals surface area (Å²) in [6.45, 7) is 9.10. The Hall–Kier alpha value is -1.27. The maximum Gasteiger partial charge on any atom is 0.161 e. The zero-order chi connectivity index (χ0) is 13.4. The number of fused-ring (bicyclic) bond motifs is 3. The van der Waals surface area contributed by atoms with Gasteiger partial charge in [-0.2, -0.15) is 4.94 Å². The Morgan fingerprint density at radius 3 is 3.05 bits per heavy atom. The fourth-order valence-corrected chi connectivity index (χ4v) is 3.02. The van der Waals surface area contributed by atoms with Crippen LogP contribution in [0.2, 0.25) is 0 Å². The lowest BCUT2D eigenvalue weighted by Gasteiger charge is -2.18. The van der Waals surface area contributed by atoms with E-state index in [1.165, 1.54) is 33.3 Å². The summed E-state index contributed by atoms with van der Waals surface area (Å²) >= 11 is 2.64. The van der Waals surface area contributed by atoms with Gasteiger partial charge in [0, 0.05) is 30.5 Å².